The van der Waals surface area contributed by atoms with Crippen LogP contribution in [0.5, 0.6) is 23.0 Å². The molecule has 3 aromatic rings. The highest BCUT2D eigenvalue weighted by Gasteiger charge is 2.40. The summed E-state index contributed by atoms with van der Waals surface area (Å²) in [5, 5.41) is 14.5. The largest absolute Gasteiger partial charge is 0.493 e. The Labute approximate surface area is 588 Å². The lowest BCUT2D eigenvalue weighted by Crippen LogP contribution is -2.53. The predicted octanol–water partition coefficient (Wildman–Crippen LogP) is 5.00. The summed E-state index contributed by atoms with van der Waals surface area (Å²) >= 11 is 0. The van der Waals surface area contributed by atoms with Crippen molar-refractivity contribution in [1.29, 1.82) is 0 Å². The van der Waals surface area contributed by atoms with Crippen LogP contribution in [0.2, 0.25) is 0 Å². The van der Waals surface area contributed by atoms with Crippen LogP contribution in [0.25, 0.3) is 5.57 Å². The molecule has 0 bridgehead atoms. The average Bonchev–Trinajstić information content (AvgIpc) is 1.65. The van der Waals surface area contributed by atoms with Crippen LogP contribution in [-0.2, 0) is 66.7 Å². The first-order chi connectivity index (χ1) is 49.1. The second-order valence-corrected chi connectivity index (χ2v) is 25.0. The molecule has 4 atom stereocenters. The van der Waals surface area contributed by atoms with E-state index in [1.54, 1.807) is 69.3 Å². The van der Waals surface area contributed by atoms with Crippen molar-refractivity contribution < 1.29 is 95.2 Å². The molecule has 9 rings (SSSR count). The van der Waals surface area contributed by atoms with Crippen molar-refractivity contribution in [1.82, 2.24) is 30.7 Å². The first-order valence-corrected chi connectivity index (χ1v) is 34.6. The Bertz CT molecular complexity index is 3450. The SMILES string of the molecule is COc1cc2c(cc1OCCCOc1cc3c(cc1OC)C(=O)N1C=C(C4CC4)CC1CN3)N=C[C@@H]1CC(c3ccc(NC(=O)[C@H](C)NC(=O)[C@@H](NC(=O)CCOCCOCCOCCOCCOCCOCCOCCOCCNC(=O)CCN4C(=O)C=CC4=O)C(C)C)cc3)=CN1C2=O. The number of anilines is 2. The monoisotopic (exact) mass is 1410 g/mol. The quantitative estimate of drug-likeness (QED) is 0.0367. The summed E-state index contributed by atoms with van der Waals surface area (Å²) in [6, 6.07) is 12.0. The minimum absolute atomic E-state index is 0.0159. The predicted molar refractivity (Wildman–Crippen MR) is 370 cm³/mol. The molecule has 1 unspecified atom stereocenters. The van der Waals surface area contributed by atoms with Crippen molar-refractivity contribution in [2.45, 2.75) is 89.9 Å². The van der Waals surface area contributed by atoms with E-state index in [-0.39, 0.29) is 80.8 Å². The number of methoxy groups -OCH3 is 2. The summed E-state index contributed by atoms with van der Waals surface area (Å²) in [6.07, 6.45) is 12.3. The first-order valence-electron chi connectivity index (χ1n) is 34.6. The summed E-state index contributed by atoms with van der Waals surface area (Å²) in [5.41, 5.74) is 5.67. The van der Waals surface area contributed by atoms with E-state index >= 15 is 0 Å². The molecule has 29 nitrogen and oxygen atoms in total. The number of hydrogen-bond donors (Lipinski definition) is 5. The maximum Gasteiger partial charge on any atom is 0.260 e. The van der Waals surface area contributed by atoms with Crippen LogP contribution in [0.3, 0.4) is 0 Å². The van der Waals surface area contributed by atoms with Crippen LogP contribution >= 0.6 is 0 Å². The molecule has 0 spiro atoms. The number of hydrogen-bond acceptors (Lipinski definition) is 22. The van der Waals surface area contributed by atoms with E-state index in [1.165, 1.54) is 37.7 Å². The Hall–Kier alpha value is -8.81. The lowest BCUT2D eigenvalue weighted by molar-refractivity contribution is -0.137. The zero-order valence-corrected chi connectivity index (χ0v) is 58.2. The maximum absolute atomic E-state index is 14.1. The molecule has 0 aromatic heterocycles. The van der Waals surface area contributed by atoms with Gasteiger partial charge in [0.05, 0.1) is 168 Å². The molecule has 0 saturated heterocycles. The van der Waals surface area contributed by atoms with E-state index in [2.05, 4.69) is 32.8 Å². The highest BCUT2D eigenvalue weighted by atomic mass is 16.6. The Morgan fingerprint density at radius 1 is 0.584 bits per heavy atom. The van der Waals surface area contributed by atoms with Crippen LogP contribution in [-0.4, -0.2) is 245 Å². The van der Waals surface area contributed by atoms with Gasteiger partial charge in [0.2, 0.25) is 23.6 Å². The van der Waals surface area contributed by atoms with Crippen LogP contribution < -0.4 is 45.5 Å². The van der Waals surface area contributed by atoms with E-state index in [1.807, 2.05) is 29.3 Å². The van der Waals surface area contributed by atoms with Gasteiger partial charge in [0.1, 0.15) is 12.1 Å². The summed E-state index contributed by atoms with van der Waals surface area (Å²) in [5.74, 6) is -0.610. The summed E-state index contributed by atoms with van der Waals surface area (Å²) in [7, 11) is 3.07. The minimum atomic E-state index is -0.937. The maximum atomic E-state index is 14.1. The fourth-order valence-corrected chi connectivity index (χ4v) is 11.5. The summed E-state index contributed by atoms with van der Waals surface area (Å²) in [6.45, 7) is 12.4. The number of carbonyl (C=O) groups excluding carboxylic acids is 8. The fraction of sp³-hybridized carbons (Fsp3) is 0.542. The highest BCUT2D eigenvalue weighted by Crippen LogP contribution is 2.45. The van der Waals surface area contributed by atoms with Crippen molar-refractivity contribution in [2.24, 2.45) is 16.8 Å². The van der Waals surface area contributed by atoms with Crippen LogP contribution in [0.15, 0.2) is 83.6 Å². The number of rotatable bonds is 46. The number of nitrogens with zero attached hydrogens (tertiary/aromatic N) is 4. The van der Waals surface area contributed by atoms with Crippen molar-refractivity contribution in [3.8, 4) is 23.0 Å². The number of amides is 8. The van der Waals surface area contributed by atoms with Gasteiger partial charge in [0, 0.05) is 93.9 Å². The van der Waals surface area contributed by atoms with Gasteiger partial charge in [-0.3, -0.25) is 48.2 Å². The molecular weight excluding hydrogens is 1310 g/mol. The smallest absolute Gasteiger partial charge is 0.260 e. The Morgan fingerprint density at radius 2 is 1.14 bits per heavy atom. The molecule has 0 radical (unpaired) electrons. The zero-order chi connectivity index (χ0) is 71.5. The Balaban J connectivity index is 0.569. The number of ether oxygens (including phenoxy) is 12. The third-order valence-electron chi connectivity index (χ3n) is 17.2. The molecule has 1 saturated carbocycles. The Kier molecular flexibility index (Phi) is 29.8. The van der Waals surface area contributed by atoms with Crippen molar-refractivity contribution in [2.75, 3.05) is 163 Å². The van der Waals surface area contributed by atoms with Gasteiger partial charge in [0.15, 0.2) is 23.0 Å². The van der Waals surface area contributed by atoms with Gasteiger partial charge in [-0.15, -0.1) is 0 Å². The molecule has 1 fully saturated rings. The third kappa shape index (κ3) is 22.8. The van der Waals surface area contributed by atoms with E-state index in [9.17, 15) is 38.4 Å². The number of fused-ring (bicyclic) bond motifs is 4. The van der Waals surface area contributed by atoms with Crippen molar-refractivity contribution in [3.05, 3.63) is 95.3 Å². The lowest BCUT2D eigenvalue weighted by atomic mass is 10.0. The summed E-state index contributed by atoms with van der Waals surface area (Å²) in [4.78, 5) is 112. The average molecular weight is 1410 g/mol. The van der Waals surface area contributed by atoms with Crippen molar-refractivity contribution in [3.63, 3.8) is 0 Å². The molecule has 29 heteroatoms. The molecular formula is C72H95N9O20. The third-order valence-corrected chi connectivity index (χ3v) is 17.2. The second kappa shape index (κ2) is 39.4. The molecule has 5 heterocycles. The molecule has 101 heavy (non-hydrogen) atoms. The molecule has 5 aliphatic heterocycles. The van der Waals surface area contributed by atoms with Crippen LogP contribution in [0.1, 0.15) is 92.0 Å². The molecule has 1 aliphatic carbocycles. The van der Waals surface area contributed by atoms with Crippen molar-refractivity contribution >= 4 is 76.1 Å². The van der Waals surface area contributed by atoms with Gasteiger partial charge in [-0.2, -0.15) is 0 Å². The normalized spacial score (nSPS) is 17.3. The zero-order valence-electron chi connectivity index (χ0n) is 58.2. The van der Waals surface area contributed by atoms with Crippen LogP contribution in [0, 0.1) is 11.8 Å². The van der Waals surface area contributed by atoms with E-state index in [4.69, 9.17) is 61.8 Å². The first kappa shape index (κ1) is 76.4. The van der Waals surface area contributed by atoms with E-state index < -0.39 is 35.7 Å². The minimum Gasteiger partial charge on any atom is -0.493 e. The molecule has 5 N–H and O–H groups in total. The Morgan fingerprint density at radius 3 is 1.71 bits per heavy atom. The van der Waals surface area contributed by atoms with E-state index in [0.29, 0.717) is 182 Å². The fourth-order valence-electron chi connectivity index (χ4n) is 11.5. The molecule has 3 aromatic carbocycles. The molecule has 8 amide bonds. The summed E-state index contributed by atoms with van der Waals surface area (Å²) < 4.78 is 67.8. The number of carbonyl (C=O) groups is 8. The molecule has 6 aliphatic rings. The van der Waals surface area contributed by atoms with Gasteiger partial charge in [-0.05, 0) is 79.0 Å². The van der Waals surface area contributed by atoms with Gasteiger partial charge in [-0.1, -0.05) is 26.0 Å². The highest BCUT2D eigenvalue weighted by molar-refractivity contribution is 6.13. The number of imide groups is 1. The topological polar surface area (TPSA) is 330 Å². The molecule has 548 valence electrons. The van der Waals surface area contributed by atoms with E-state index in [0.717, 1.165) is 22.5 Å². The van der Waals surface area contributed by atoms with Gasteiger partial charge in [-0.25, -0.2) is 0 Å². The number of aliphatic imine (C=N–C) groups is 1. The van der Waals surface area contributed by atoms with Crippen LogP contribution in [0.4, 0.5) is 17.1 Å². The van der Waals surface area contributed by atoms with Gasteiger partial charge < -0.3 is 93.2 Å². The van der Waals surface area contributed by atoms with Gasteiger partial charge in [0.25, 0.3) is 23.6 Å². The number of benzene rings is 3. The standard InChI is InChI=1S/C72H95N9O20/c1-47(2)68(78-65(83)16-21-92-23-25-94-27-29-96-31-33-98-35-36-99-34-32-97-30-28-95-26-24-93-22-17-73-64(82)15-18-79-66(84)13-14-67(79)85)70(87)76-48(3)69(86)77-53-11-9-50(10-12-53)52-38-55-44-75-59-42-63(61(91-5)40-57(59)72(89)81(55)46-52)101-20-6-19-100-62-41-58-56(39-60(62)90-4)71(88)80-45-51(49-7-8-49)37-54(80)43-74-58/h9-14,39-42,44-49,54-55,68,74H,6-8,15-38,43H2,1-5H3,(H,73,82)(H,76,87)(H,77,86)(H,78,83)/t48-,54?,55-,68-/m0/s1. The second-order valence-electron chi connectivity index (χ2n) is 25.0. The lowest BCUT2D eigenvalue weighted by Gasteiger charge is -2.24. The number of nitrogens with one attached hydrogen (secondary N) is 5. The van der Waals surface area contributed by atoms with Gasteiger partial charge >= 0.3 is 0 Å².